The number of aromatic nitrogens is 1. The SMILES string of the molecule is COc1ncccc1NC(=O)C[C@H](NC(C)=O)c1cccs1. The molecule has 2 rings (SSSR count). The number of ether oxygens (including phenoxy) is 1. The van der Waals surface area contributed by atoms with Crippen molar-refractivity contribution in [2.75, 3.05) is 12.4 Å². The van der Waals surface area contributed by atoms with Gasteiger partial charge in [-0.2, -0.15) is 0 Å². The third-order valence-corrected chi connectivity index (χ3v) is 3.88. The highest BCUT2D eigenvalue weighted by molar-refractivity contribution is 7.10. The molecule has 2 aromatic rings. The molecule has 116 valence electrons. The molecule has 2 heterocycles. The number of anilines is 1. The van der Waals surface area contributed by atoms with Crippen LogP contribution in [0.1, 0.15) is 24.3 Å². The molecule has 0 radical (unpaired) electrons. The highest BCUT2D eigenvalue weighted by Crippen LogP contribution is 2.24. The Kier molecular flexibility index (Phi) is 5.48. The van der Waals surface area contributed by atoms with Crippen LogP contribution in [-0.4, -0.2) is 23.9 Å². The Morgan fingerprint density at radius 3 is 2.82 bits per heavy atom. The molecule has 0 bridgehead atoms. The molecular weight excluding hydrogens is 302 g/mol. The molecule has 0 saturated carbocycles. The van der Waals surface area contributed by atoms with Gasteiger partial charge in [-0.05, 0) is 23.6 Å². The van der Waals surface area contributed by atoms with Crippen molar-refractivity contribution >= 4 is 28.8 Å². The first-order chi connectivity index (χ1) is 10.6. The second kappa shape index (κ2) is 7.56. The molecule has 0 spiro atoms. The normalized spacial score (nSPS) is 11.5. The van der Waals surface area contributed by atoms with E-state index >= 15 is 0 Å². The van der Waals surface area contributed by atoms with Gasteiger partial charge in [0.05, 0.1) is 19.6 Å². The van der Waals surface area contributed by atoms with Gasteiger partial charge >= 0.3 is 0 Å². The average Bonchev–Trinajstić information content (AvgIpc) is 3.01. The summed E-state index contributed by atoms with van der Waals surface area (Å²) in [6.45, 7) is 1.43. The van der Waals surface area contributed by atoms with Gasteiger partial charge in [0.15, 0.2) is 0 Å². The van der Waals surface area contributed by atoms with Crippen LogP contribution in [0.2, 0.25) is 0 Å². The molecule has 0 aliphatic rings. The Morgan fingerprint density at radius 1 is 1.36 bits per heavy atom. The van der Waals surface area contributed by atoms with Crippen molar-refractivity contribution < 1.29 is 14.3 Å². The van der Waals surface area contributed by atoms with Gasteiger partial charge < -0.3 is 15.4 Å². The van der Waals surface area contributed by atoms with Crippen LogP contribution < -0.4 is 15.4 Å². The molecule has 0 unspecified atom stereocenters. The number of pyridine rings is 1. The third kappa shape index (κ3) is 4.29. The van der Waals surface area contributed by atoms with Crippen LogP contribution in [0, 0.1) is 0 Å². The van der Waals surface area contributed by atoms with Crippen molar-refractivity contribution in [2.24, 2.45) is 0 Å². The number of nitrogens with one attached hydrogen (secondary N) is 2. The fourth-order valence-corrected chi connectivity index (χ4v) is 2.77. The summed E-state index contributed by atoms with van der Waals surface area (Å²) in [5.41, 5.74) is 0.503. The number of carbonyl (C=O) groups is 2. The molecular formula is C15H17N3O3S. The van der Waals surface area contributed by atoms with Crippen molar-refractivity contribution in [1.29, 1.82) is 0 Å². The molecule has 2 amide bonds. The summed E-state index contributed by atoms with van der Waals surface area (Å²) in [6, 6.07) is 6.85. The second-order valence-corrected chi connectivity index (χ2v) is 5.56. The molecule has 2 N–H and O–H groups in total. The maximum absolute atomic E-state index is 12.2. The lowest BCUT2D eigenvalue weighted by atomic mass is 10.1. The van der Waals surface area contributed by atoms with Crippen LogP contribution in [0.5, 0.6) is 5.88 Å². The van der Waals surface area contributed by atoms with Crippen LogP contribution in [0.4, 0.5) is 5.69 Å². The molecule has 0 saturated heterocycles. The van der Waals surface area contributed by atoms with E-state index in [0.29, 0.717) is 11.6 Å². The summed E-state index contributed by atoms with van der Waals surface area (Å²) in [7, 11) is 1.49. The standard InChI is InChI=1S/C15H17N3O3S/c1-10(19)17-12(13-6-4-8-22-13)9-14(20)18-11-5-3-7-16-15(11)21-2/h3-8,12H,9H2,1-2H3,(H,17,19)(H,18,20)/t12-/m0/s1. The number of amides is 2. The Hall–Kier alpha value is -2.41. The molecule has 0 fully saturated rings. The van der Waals surface area contributed by atoms with Crippen molar-refractivity contribution in [1.82, 2.24) is 10.3 Å². The second-order valence-electron chi connectivity index (χ2n) is 4.58. The molecule has 0 aliphatic carbocycles. The summed E-state index contributed by atoms with van der Waals surface area (Å²) in [5.74, 6) is -0.0494. The summed E-state index contributed by atoms with van der Waals surface area (Å²) >= 11 is 1.50. The minimum atomic E-state index is -0.347. The number of hydrogen-bond acceptors (Lipinski definition) is 5. The number of nitrogens with zero attached hydrogens (tertiary/aromatic N) is 1. The number of methoxy groups -OCH3 is 1. The fourth-order valence-electron chi connectivity index (χ4n) is 1.99. The van der Waals surface area contributed by atoms with Crippen molar-refractivity contribution in [3.8, 4) is 5.88 Å². The van der Waals surface area contributed by atoms with Crippen LogP contribution >= 0.6 is 11.3 Å². The fraction of sp³-hybridized carbons (Fsp3) is 0.267. The lowest BCUT2D eigenvalue weighted by molar-refractivity contribution is -0.120. The van der Waals surface area contributed by atoms with E-state index in [0.717, 1.165) is 4.88 Å². The topological polar surface area (TPSA) is 80.3 Å². The van der Waals surface area contributed by atoms with Crippen LogP contribution in [0.15, 0.2) is 35.8 Å². The predicted molar refractivity (Wildman–Crippen MR) is 84.9 cm³/mol. The predicted octanol–water partition coefficient (Wildman–Crippen LogP) is 2.36. The highest BCUT2D eigenvalue weighted by Gasteiger charge is 2.19. The van der Waals surface area contributed by atoms with Gasteiger partial charge in [0.25, 0.3) is 0 Å². The number of hydrogen-bond donors (Lipinski definition) is 2. The number of carbonyl (C=O) groups excluding carboxylic acids is 2. The zero-order chi connectivity index (χ0) is 15.9. The smallest absolute Gasteiger partial charge is 0.237 e. The Bertz CT molecular complexity index is 643. The van der Waals surface area contributed by atoms with E-state index in [2.05, 4.69) is 15.6 Å². The van der Waals surface area contributed by atoms with Gasteiger partial charge in [-0.1, -0.05) is 6.07 Å². The van der Waals surface area contributed by atoms with E-state index in [4.69, 9.17) is 4.74 Å². The van der Waals surface area contributed by atoms with Crippen molar-refractivity contribution in [2.45, 2.75) is 19.4 Å². The lowest BCUT2D eigenvalue weighted by Crippen LogP contribution is -2.29. The first kappa shape index (κ1) is 16.0. The van der Waals surface area contributed by atoms with Gasteiger partial charge in [-0.3, -0.25) is 9.59 Å². The number of rotatable bonds is 6. The van der Waals surface area contributed by atoms with Crippen molar-refractivity contribution in [3.05, 3.63) is 40.7 Å². The van der Waals surface area contributed by atoms with Crippen LogP contribution in [0.3, 0.4) is 0 Å². The van der Waals surface area contributed by atoms with Gasteiger partial charge in [0.2, 0.25) is 17.7 Å². The Labute approximate surface area is 132 Å². The van der Waals surface area contributed by atoms with Gasteiger partial charge in [0.1, 0.15) is 5.69 Å². The Balaban J connectivity index is 2.06. The first-order valence-electron chi connectivity index (χ1n) is 6.69. The van der Waals surface area contributed by atoms with E-state index < -0.39 is 0 Å². The monoisotopic (exact) mass is 319 g/mol. The van der Waals surface area contributed by atoms with E-state index in [1.807, 2.05) is 17.5 Å². The molecule has 2 aromatic heterocycles. The minimum absolute atomic E-state index is 0.137. The summed E-state index contributed by atoms with van der Waals surface area (Å²) in [6.07, 6.45) is 1.72. The van der Waals surface area contributed by atoms with Crippen LogP contribution in [0.25, 0.3) is 0 Å². The molecule has 0 aromatic carbocycles. The average molecular weight is 319 g/mol. The lowest BCUT2D eigenvalue weighted by Gasteiger charge is -2.16. The summed E-state index contributed by atoms with van der Waals surface area (Å²) in [4.78, 5) is 28.5. The third-order valence-electron chi connectivity index (χ3n) is 2.89. The zero-order valence-corrected chi connectivity index (χ0v) is 13.1. The van der Waals surface area contributed by atoms with Gasteiger partial charge in [-0.15, -0.1) is 11.3 Å². The molecule has 7 heteroatoms. The first-order valence-corrected chi connectivity index (χ1v) is 7.57. The molecule has 22 heavy (non-hydrogen) atoms. The maximum Gasteiger partial charge on any atom is 0.237 e. The van der Waals surface area contributed by atoms with Gasteiger partial charge in [-0.25, -0.2) is 4.98 Å². The Morgan fingerprint density at radius 2 is 2.18 bits per heavy atom. The van der Waals surface area contributed by atoms with E-state index in [1.165, 1.54) is 25.4 Å². The zero-order valence-electron chi connectivity index (χ0n) is 12.3. The van der Waals surface area contributed by atoms with E-state index in [1.54, 1.807) is 18.3 Å². The minimum Gasteiger partial charge on any atom is -0.480 e. The highest BCUT2D eigenvalue weighted by atomic mass is 32.1. The maximum atomic E-state index is 12.2. The summed E-state index contributed by atoms with van der Waals surface area (Å²) in [5, 5.41) is 7.45. The van der Waals surface area contributed by atoms with E-state index in [9.17, 15) is 9.59 Å². The van der Waals surface area contributed by atoms with Crippen LogP contribution in [-0.2, 0) is 9.59 Å². The van der Waals surface area contributed by atoms with E-state index in [-0.39, 0.29) is 24.3 Å². The number of thiophene rings is 1. The van der Waals surface area contributed by atoms with Gasteiger partial charge in [0, 0.05) is 18.0 Å². The quantitative estimate of drug-likeness (QED) is 0.856. The molecule has 6 nitrogen and oxygen atoms in total. The molecule has 0 aliphatic heterocycles. The van der Waals surface area contributed by atoms with Crippen molar-refractivity contribution in [3.63, 3.8) is 0 Å². The summed E-state index contributed by atoms with van der Waals surface area (Å²) < 4.78 is 5.09. The molecule has 1 atom stereocenters. The largest absolute Gasteiger partial charge is 0.480 e.